The van der Waals surface area contributed by atoms with Crippen LogP contribution in [0.1, 0.15) is 17.2 Å². The zero-order chi connectivity index (χ0) is 20.5. The van der Waals surface area contributed by atoms with Crippen LogP contribution in [0.4, 0.5) is 0 Å². The van der Waals surface area contributed by atoms with Crippen molar-refractivity contribution in [1.82, 2.24) is 20.7 Å². The molecular formula is C22H26Cl2N4O2. The average molecular weight is 449 g/mol. The minimum Gasteiger partial charge on any atom is -0.454 e. The van der Waals surface area contributed by atoms with Crippen LogP contribution < -0.4 is 20.3 Å². The maximum absolute atomic E-state index is 6.46. The van der Waals surface area contributed by atoms with E-state index in [2.05, 4.69) is 32.8 Å². The molecule has 2 N–H and O–H groups in total. The normalized spacial score (nSPS) is 24.5. The van der Waals surface area contributed by atoms with Crippen molar-refractivity contribution in [3.8, 4) is 11.5 Å². The first-order valence-electron chi connectivity index (χ1n) is 10.4. The van der Waals surface area contributed by atoms with E-state index >= 15 is 0 Å². The largest absolute Gasteiger partial charge is 0.454 e. The molecule has 5 rings (SSSR count). The predicted octanol–water partition coefficient (Wildman–Crippen LogP) is 3.31. The van der Waals surface area contributed by atoms with Crippen molar-refractivity contribution < 1.29 is 9.47 Å². The number of halogens is 2. The van der Waals surface area contributed by atoms with Crippen LogP contribution in [0, 0.1) is 5.92 Å². The Bertz CT molecular complexity index is 905. The monoisotopic (exact) mass is 448 g/mol. The number of piperazine rings is 1. The molecule has 3 heterocycles. The Balaban J connectivity index is 1.15. The second-order valence-corrected chi connectivity index (χ2v) is 9.04. The van der Waals surface area contributed by atoms with Gasteiger partial charge in [-0.05, 0) is 35.4 Å². The summed E-state index contributed by atoms with van der Waals surface area (Å²) in [5.74, 6) is 2.17. The molecule has 2 fully saturated rings. The van der Waals surface area contributed by atoms with Gasteiger partial charge in [0, 0.05) is 61.8 Å². The molecular weight excluding hydrogens is 423 g/mol. The summed E-state index contributed by atoms with van der Waals surface area (Å²) in [6.45, 7) is 7.51. The fourth-order valence-electron chi connectivity index (χ4n) is 4.55. The Morgan fingerprint density at radius 2 is 1.73 bits per heavy atom. The van der Waals surface area contributed by atoms with Crippen molar-refractivity contribution in [3.05, 3.63) is 57.6 Å². The summed E-state index contributed by atoms with van der Waals surface area (Å²) in [4.78, 5) is 5.07. The van der Waals surface area contributed by atoms with Gasteiger partial charge in [-0.25, -0.2) is 5.43 Å². The fraction of sp³-hybridized carbons (Fsp3) is 0.455. The molecule has 2 aromatic rings. The number of hydrazine groups is 1. The fourth-order valence-corrected chi connectivity index (χ4v) is 5.08. The summed E-state index contributed by atoms with van der Waals surface area (Å²) in [6.07, 6.45) is 0. The molecule has 2 aromatic carbocycles. The molecule has 160 valence electrons. The third-order valence-electron chi connectivity index (χ3n) is 6.19. The molecule has 30 heavy (non-hydrogen) atoms. The Morgan fingerprint density at radius 3 is 2.57 bits per heavy atom. The molecule has 3 aliphatic heterocycles. The first-order valence-corrected chi connectivity index (χ1v) is 11.2. The highest BCUT2D eigenvalue weighted by Gasteiger charge is 2.32. The molecule has 2 atom stereocenters. The van der Waals surface area contributed by atoms with Crippen LogP contribution in [0.5, 0.6) is 11.5 Å². The zero-order valence-corrected chi connectivity index (χ0v) is 18.3. The van der Waals surface area contributed by atoms with E-state index < -0.39 is 0 Å². The third-order valence-corrected chi connectivity index (χ3v) is 6.75. The third kappa shape index (κ3) is 4.40. The van der Waals surface area contributed by atoms with E-state index in [4.69, 9.17) is 32.7 Å². The van der Waals surface area contributed by atoms with E-state index in [9.17, 15) is 0 Å². The number of benzene rings is 2. The lowest BCUT2D eigenvalue weighted by Gasteiger charge is -2.36. The quantitative estimate of drug-likeness (QED) is 0.731. The summed E-state index contributed by atoms with van der Waals surface area (Å²) < 4.78 is 10.9. The molecule has 3 aliphatic rings. The van der Waals surface area contributed by atoms with Crippen LogP contribution >= 0.6 is 23.2 Å². The standard InChI is InChI=1S/C22H26Cl2N4O2/c23-17-2-3-18(19(24)10-17)22-16(11-25-26-22)13-28-7-5-27(6-8-28)12-15-1-4-20-21(9-15)30-14-29-20/h1-4,9-10,16,22,25-26H,5-8,11-14H2. The predicted molar refractivity (Wildman–Crippen MR) is 118 cm³/mol. The van der Waals surface area contributed by atoms with Crippen molar-refractivity contribution in [2.75, 3.05) is 46.1 Å². The van der Waals surface area contributed by atoms with Crippen LogP contribution in [0.25, 0.3) is 0 Å². The van der Waals surface area contributed by atoms with Gasteiger partial charge in [0.1, 0.15) is 0 Å². The smallest absolute Gasteiger partial charge is 0.231 e. The van der Waals surface area contributed by atoms with Gasteiger partial charge in [0.25, 0.3) is 0 Å². The van der Waals surface area contributed by atoms with Crippen molar-refractivity contribution >= 4 is 23.2 Å². The second kappa shape index (κ2) is 8.91. The lowest BCUT2D eigenvalue weighted by molar-refractivity contribution is 0.112. The first kappa shape index (κ1) is 20.4. The van der Waals surface area contributed by atoms with Crippen LogP contribution in [0.3, 0.4) is 0 Å². The van der Waals surface area contributed by atoms with Gasteiger partial charge in [-0.15, -0.1) is 0 Å². The molecule has 6 nitrogen and oxygen atoms in total. The average Bonchev–Trinajstić information content (AvgIpc) is 3.39. The maximum atomic E-state index is 6.46. The SMILES string of the molecule is Clc1ccc(C2NNCC2CN2CCN(Cc3ccc4c(c3)OCO4)CC2)c(Cl)c1. The van der Waals surface area contributed by atoms with E-state index in [1.165, 1.54) is 5.56 Å². The highest BCUT2D eigenvalue weighted by atomic mass is 35.5. The van der Waals surface area contributed by atoms with E-state index in [0.29, 0.717) is 17.7 Å². The highest BCUT2D eigenvalue weighted by molar-refractivity contribution is 6.35. The zero-order valence-electron chi connectivity index (χ0n) is 16.7. The number of hydrogen-bond acceptors (Lipinski definition) is 6. The van der Waals surface area contributed by atoms with E-state index in [-0.39, 0.29) is 6.04 Å². The minimum absolute atomic E-state index is 0.196. The van der Waals surface area contributed by atoms with Gasteiger partial charge in [-0.3, -0.25) is 10.3 Å². The number of hydrogen-bond donors (Lipinski definition) is 2. The molecule has 2 saturated heterocycles. The summed E-state index contributed by atoms with van der Waals surface area (Å²) in [6, 6.07) is 12.2. The summed E-state index contributed by atoms with van der Waals surface area (Å²) in [7, 11) is 0. The van der Waals surface area contributed by atoms with Crippen LogP contribution in [-0.2, 0) is 6.54 Å². The Morgan fingerprint density at radius 1 is 0.933 bits per heavy atom. The number of nitrogens with zero attached hydrogens (tertiary/aromatic N) is 2. The van der Waals surface area contributed by atoms with E-state index in [1.807, 2.05) is 24.3 Å². The second-order valence-electron chi connectivity index (χ2n) is 8.19. The molecule has 0 aromatic heterocycles. The van der Waals surface area contributed by atoms with Crippen LogP contribution in [0.15, 0.2) is 36.4 Å². The van der Waals surface area contributed by atoms with Crippen LogP contribution in [-0.4, -0.2) is 55.9 Å². The van der Waals surface area contributed by atoms with Crippen molar-refractivity contribution in [2.45, 2.75) is 12.6 Å². The molecule has 2 unspecified atom stereocenters. The van der Waals surface area contributed by atoms with Gasteiger partial charge in [0.05, 0.1) is 6.04 Å². The molecule has 8 heteroatoms. The molecule has 0 amide bonds. The Hall–Kier alpha value is -1.54. The minimum atomic E-state index is 0.196. The Labute approximate surface area is 187 Å². The van der Waals surface area contributed by atoms with Gasteiger partial charge in [0.2, 0.25) is 6.79 Å². The van der Waals surface area contributed by atoms with Crippen molar-refractivity contribution in [2.24, 2.45) is 5.92 Å². The molecule has 0 spiro atoms. The van der Waals surface area contributed by atoms with Crippen LogP contribution in [0.2, 0.25) is 10.0 Å². The summed E-state index contributed by atoms with van der Waals surface area (Å²) >= 11 is 12.5. The summed E-state index contributed by atoms with van der Waals surface area (Å²) in [5.41, 5.74) is 9.09. The Kier molecular flexibility index (Phi) is 6.05. The number of rotatable bonds is 5. The van der Waals surface area contributed by atoms with Gasteiger partial charge in [0.15, 0.2) is 11.5 Å². The van der Waals surface area contributed by atoms with Crippen molar-refractivity contribution in [1.29, 1.82) is 0 Å². The molecule has 0 bridgehead atoms. The first-order chi connectivity index (χ1) is 14.7. The van der Waals surface area contributed by atoms with Gasteiger partial charge in [-0.1, -0.05) is 35.3 Å². The molecule has 0 saturated carbocycles. The lowest BCUT2D eigenvalue weighted by Crippen LogP contribution is -2.48. The van der Waals surface area contributed by atoms with Gasteiger partial charge >= 0.3 is 0 Å². The number of fused-ring (bicyclic) bond motifs is 1. The van der Waals surface area contributed by atoms with Gasteiger partial charge in [-0.2, -0.15) is 0 Å². The van der Waals surface area contributed by atoms with E-state index in [0.717, 1.165) is 67.9 Å². The molecule has 0 radical (unpaired) electrons. The van der Waals surface area contributed by atoms with E-state index in [1.54, 1.807) is 0 Å². The van der Waals surface area contributed by atoms with Gasteiger partial charge < -0.3 is 14.4 Å². The lowest BCUT2D eigenvalue weighted by atomic mass is 9.94. The highest BCUT2D eigenvalue weighted by Crippen LogP contribution is 2.34. The number of ether oxygens (including phenoxy) is 2. The van der Waals surface area contributed by atoms with Crippen molar-refractivity contribution in [3.63, 3.8) is 0 Å². The maximum Gasteiger partial charge on any atom is 0.231 e. The number of nitrogens with one attached hydrogen (secondary N) is 2. The molecule has 0 aliphatic carbocycles. The summed E-state index contributed by atoms with van der Waals surface area (Å²) in [5, 5.41) is 1.40. The topological polar surface area (TPSA) is 49.0 Å².